The van der Waals surface area contributed by atoms with Crippen LogP contribution in [0.15, 0.2) is 102 Å². The van der Waals surface area contributed by atoms with Crippen LogP contribution < -0.4 is 29.6 Å². The summed E-state index contributed by atoms with van der Waals surface area (Å²) in [5.74, 6) is 2.29. The van der Waals surface area contributed by atoms with E-state index < -0.39 is 11.7 Å². The Balaban J connectivity index is 1.32. The third kappa shape index (κ3) is 10.4. The summed E-state index contributed by atoms with van der Waals surface area (Å²) in [6.45, 7) is 5.81. The first-order valence-corrected chi connectivity index (χ1v) is 15.9. The fourth-order valence-electron chi connectivity index (χ4n) is 4.28. The van der Waals surface area contributed by atoms with Gasteiger partial charge in [-0.25, -0.2) is 4.79 Å². The Bertz CT molecular complexity index is 1620. The summed E-state index contributed by atoms with van der Waals surface area (Å²) in [5.41, 5.74) is 9.28. The van der Waals surface area contributed by atoms with Gasteiger partial charge in [-0.05, 0) is 97.5 Å². The first kappa shape index (κ1) is 34.1. The number of carbonyl (C=O) groups is 2. The molecule has 0 aliphatic heterocycles. The molecule has 4 aromatic carbocycles. The number of rotatable bonds is 12. The van der Waals surface area contributed by atoms with Crippen LogP contribution in [-0.2, 0) is 11.2 Å². The van der Waals surface area contributed by atoms with Crippen LogP contribution in [0.4, 0.5) is 10.5 Å². The second-order valence-electron chi connectivity index (χ2n) is 11.5. The molecular weight excluding hydrogens is 600 g/mol. The van der Waals surface area contributed by atoms with Crippen LogP contribution in [0.1, 0.15) is 43.5 Å². The summed E-state index contributed by atoms with van der Waals surface area (Å²) >= 11 is 1.56. The van der Waals surface area contributed by atoms with Crippen molar-refractivity contribution in [3.05, 3.63) is 119 Å². The van der Waals surface area contributed by atoms with Gasteiger partial charge in [0.05, 0.1) is 13.5 Å². The van der Waals surface area contributed by atoms with E-state index in [1.54, 1.807) is 50.2 Å². The van der Waals surface area contributed by atoms with Crippen molar-refractivity contribution in [2.45, 2.75) is 38.8 Å². The number of benzene rings is 4. The molecule has 0 bridgehead atoms. The summed E-state index contributed by atoms with van der Waals surface area (Å²) < 4.78 is 22.5. The molecule has 0 radical (unpaired) electrons. The predicted octanol–water partition coefficient (Wildman–Crippen LogP) is 8.06. The van der Waals surface area contributed by atoms with Crippen molar-refractivity contribution in [1.82, 2.24) is 0 Å². The number of anilines is 1. The molecular formula is C37H40N2O6S. The lowest BCUT2D eigenvalue weighted by atomic mass is 10.1. The van der Waals surface area contributed by atoms with Crippen LogP contribution in [0.2, 0.25) is 0 Å². The van der Waals surface area contributed by atoms with Gasteiger partial charge >= 0.3 is 12.1 Å². The zero-order valence-corrected chi connectivity index (χ0v) is 27.6. The number of hydrogen-bond acceptors (Lipinski definition) is 8. The number of nitrogens with two attached hydrogens (primary N) is 1. The smallest absolute Gasteiger partial charge is 0.419 e. The molecule has 1 unspecified atom stereocenters. The lowest BCUT2D eigenvalue weighted by Crippen LogP contribution is -2.30. The lowest BCUT2D eigenvalue weighted by Gasteiger charge is -2.24. The number of carbonyl (C=O) groups excluding carboxylic acids is 2. The quantitative estimate of drug-likeness (QED) is 0.123. The van der Waals surface area contributed by atoms with Gasteiger partial charge < -0.3 is 24.7 Å². The van der Waals surface area contributed by atoms with Crippen molar-refractivity contribution in [1.29, 1.82) is 0 Å². The standard InChI is InChI=1S/C37H40N2O6S/c1-37(2,3)45-33-20-13-27(23-34(33)44-36(41)39(4)29-9-7-6-8-10-29)21-22-46-25-32(38)28-14-18-31(19-15-28)43-35(40)24-26-11-16-30(42-5)17-12-26/h6-23,32H,24-25,38H2,1-5H3/b22-21+. The lowest BCUT2D eigenvalue weighted by molar-refractivity contribution is -0.133. The van der Waals surface area contributed by atoms with Crippen molar-refractivity contribution in [2.75, 3.05) is 24.8 Å². The Hall–Kier alpha value is -4.73. The minimum absolute atomic E-state index is 0.162. The molecule has 1 atom stereocenters. The van der Waals surface area contributed by atoms with Gasteiger partial charge in [0.2, 0.25) is 0 Å². The van der Waals surface area contributed by atoms with Gasteiger partial charge in [0.25, 0.3) is 0 Å². The normalized spacial score (nSPS) is 12.0. The maximum absolute atomic E-state index is 13.0. The van der Waals surface area contributed by atoms with Crippen LogP contribution in [0, 0.1) is 0 Å². The third-order valence-corrected chi connectivity index (χ3v) is 7.56. The van der Waals surface area contributed by atoms with Gasteiger partial charge in [0, 0.05) is 24.5 Å². The van der Waals surface area contributed by atoms with Crippen LogP contribution >= 0.6 is 11.8 Å². The average molecular weight is 641 g/mol. The van der Waals surface area contributed by atoms with Crippen LogP contribution in [-0.4, -0.2) is 37.6 Å². The van der Waals surface area contributed by atoms with Gasteiger partial charge in [-0.2, -0.15) is 0 Å². The van der Waals surface area contributed by atoms with E-state index in [2.05, 4.69) is 0 Å². The van der Waals surface area contributed by atoms with Crippen molar-refractivity contribution in [3.8, 4) is 23.0 Å². The van der Waals surface area contributed by atoms with Crippen molar-refractivity contribution in [2.24, 2.45) is 5.73 Å². The number of nitrogens with zero attached hydrogens (tertiary/aromatic N) is 1. The molecule has 0 saturated carbocycles. The highest BCUT2D eigenvalue weighted by atomic mass is 32.2. The number of methoxy groups -OCH3 is 1. The number of para-hydroxylation sites is 1. The van der Waals surface area contributed by atoms with E-state index in [-0.39, 0.29) is 18.4 Å². The second-order valence-corrected chi connectivity index (χ2v) is 12.4. The number of amides is 1. The van der Waals surface area contributed by atoms with Crippen LogP contribution in [0.25, 0.3) is 6.08 Å². The van der Waals surface area contributed by atoms with Gasteiger partial charge in [-0.15, -0.1) is 11.8 Å². The highest BCUT2D eigenvalue weighted by Gasteiger charge is 2.20. The van der Waals surface area contributed by atoms with Gasteiger partial charge in [0.1, 0.15) is 17.1 Å². The minimum atomic E-state index is -0.524. The van der Waals surface area contributed by atoms with Gasteiger partial charge in [-0.3, -0.25) is 9.69 Å². The summed E-state index contributed by atoms with van der Waals surface area (Å²) in [6.07, 6.45) is 1.57. The molecule has 46 heavy (non-hydrogen) atoms. The third-order valence-electron chi connectivity index (χ3n) is 6.68. The van der Waals surface area contributed by atoms with E-state index in [1.807, 2.05) is 105 Å². The summed E-state index contributed by atoms with van der Waals surface area (Å²) in [6, 6.07) is 29.1. The number of esters is 1. The highest BCUT2D eigenvalue weighted by molar-refractivity contribution is 8.02. The van der Waals surface area contributed by atoms with E-state index in [9.17, 15) is 9.59 Å². The monoisotopic (exact) mass is 640 g/mol. The van der Waals surface area contributed by atoms with E-state index in [0.29, 0.717) is 23.0 Å². The second kappa shape index (κ2) is 16.0. The fourth-order valence-corrected chi connectivity index (χ4v) is 5.05. The molecule has 0 fully saturated rings. The topological polar surface area (TPSA) is 100 Å². The fraction of sp³-hybridized carbons (Fsp3) is 0.243. The Labute approximate surface area is 275 Å². The molecule has 9 heteroatoms. The maximum atomic E-state index is 13.0. The van der Waals surface area contributed by atoms with E-state index in [4.69, 9.17) is 24.7 Å². The van der Waals surface area contributed by atoms with Gasteiger partial charge in [0.15, 0.2) is 11.5 Å². The molecule has 0 aliphatic rings. The Kier molecular flexibility index (Phi) is 11.9. The molecule has 4 aromatic rings. The van der Waals surface area contributed by atoms with Crippen molar-refractivity contribution < 1.29 is 28.5 Å². The zero-order valence-electron chi connectivity index (χ0n) is 26.8. The SMILES string of the molecule is COc1ccc(CC(=O)Oc2ccc(C(N)CS/C=C/c3ccc(OC(C)(C)C)c(OC(=O)N(C)c4ccccc4)c3)cc2)cc1. The van der Waals surface area contributed by atoms with E-state index >= 15 is 0 Å². The Morgan fingerprint density at radius 3 is 2.20 bits per heavy atom. The van der Waals surface area contributed by atoms with Crippen LogP contribution in [0.3, 0.4) is 0 Å². The molecule has 0 saturated heterocycles. The highest BCUT2D eigenvalue weighted by Crippen LogP contribution is 2.33. The maximum Gasteiger partial charge on any atom is 0.419 e. The zero-order chi connectivity index (χ0) is 33.1. The van der Waals surface area contributed by atoms with E-state index in [1.165, 1.54) is 4.90 Å². The van der Waals surface area contributed by atoms with Crippen molar-refractivity contribution in [3.63, 3.8) is 0 Å². The molecule has 4 rings (SSSR count). The van der Waals surface area contributed by atoms with Crippen LogP contribution in [0.5, 0.6) is 23.0 Å². The molecule has 0 heterocycles. The van der Waals surface area contributed by atoms with E-state index in [0.717, 1.165) is 28.1 Å². The predicted molar refractivity (Wildman–Crippen MR) is 185 cm³/mol. The number of thioether (sulfide) groups is 1. The molecule has 0 spiro atoms. The molecule has 2 N–H and O–H groups in total. The number of hydrogen-bond donors (Lipinski definition) is 1. The molecule has 8 nitrogen and oxygen atoms in total. The Morgan fingerprint density at radius 1 is 0.870 bits per heavy atom. The first-order chi connectivity index (χ1) is 22.0. The molecule has 1 amide bonds. The molecule has 0 aromatic heterocycles. The Morgan fingerprint density at radius 2 is 1.54 bits per heavy atom. The largest absolute Gasteiger partial charge is 0.497 e. The number of ether oxygens (including phenoxy) is 4. The minimum Gasteiger partial charge on any atom is -0.497 e. The summed E-state index contributed by atoms with van der Waals surface area (Å²) in [4.78, 5) is 26.8. The van der Waals surface area contributed by atoms with Crippen molar-refractivity contribution >= 4 is 35.6 Å². The summed E-state index contributed by atoms with van der Waals surface area (Å²) in [7, 11) is 3.26. The summed E-state index contributed by atoms with van der Waals surface area (Å²) in [5, 5.41) is 1.95. The van der Waals surface area contributed by atoms with Gasteiger partial charge in [-0.1, -0.05) is 48.5 Å². The average Bonchev–Trinajstić information content (AvgIpc) is 3.04. The first-order valence-electron chi connectivity index (χ1n) is 14.8. The molecule has 240 valence electrons. The molecule has 0 aliphatic carbocycles.